The molecule has 5 heteroatoms. The van der Waals surface area contributed by atoms with E-state index in [1.165, 1.54) is 0 Å². The van der Waals surface area contributed by atoms with Crippen LogP contribution in [-0.2, 0) is 4.79 Å². The Hall–Kier alpha value is -1.71. The molecule has 0 atom stereocenters. The number of benzene rings is 2. The predicted octanol–water partition coefficient (Wildman–Crippen LogP) is 4.35. The van der Waals surface area contributed by atoms with E-state index in [4.69, 9.17) is 23.2 Å². The maximum atomic E-state index is 11.9. The van der Waals surface area contributed by atoms with Gasteiger partial charge in [0.25, 0.3) is 0 Å². The number of anilines is 2. The fraction of sp³-hybridized carbons (Fsp3) is 0.133. The summed E-state index contributed by atoms with van der Waals surface area (Å²) in [4.78, 5) is 11.9. The van der Waals surface area contributed by atoms with E-state index in [0.717, 1.165) is 11.3 Å². The van der Waals surface area contributed by atoms with E-state index in [-0.39, 0.29) is 12.5 Å². The summed E-state index contributed by atoms with van der Waals surface area (Å²) in [6, 6.07) is 12.6. The smallest absolute Gasteiger partial charge is 0.243 e. The molecule has 0 unspecified atom stereocenters. The number of nitrogens with one attached hydrogen (secondary N) is 2. The molecule has 0 saturated heterocycles. The molecular formula is C15H14Cl2N2O. The van der Waals surface area contributed by atoms with Gasteiger partial charge in [0.15, 0.2) is 0 Å². The van der Waals surface area contributed by atoms with E-state index in [0.29, 0.717) is 15.7 Å². The van der Waals surface area contributed by atoms with Crippen LogP contribution in [-0.4, -0.2) is 12.5 Å². The zero-order valence-electron chi connectivity index (χ0n) is 10.9. The fourth-order valence-electron chi connectivity index (χ4n) is 1.76. The SMILES string of the molecule is Cc1cc(Cl)ccc1NCC(=O)Nc1ccccc1Cl. The number of carbonyl (C=O) groups is 1. The Morgan fingerprint density at radius 2 is 1.85 bits per heavy atom. The van der Waals surface area contributed by atoms with E-state index in [9.17, 15) is 4.79 Å². The van der Waals surface area contributed by atoms with Gasteiger partial charge in [-0.05, 0) is 42.8 Å². The van der Waals surface area contributed by atoms with Crippen LogP contribution in [0.4, 0.5) is 11.4 Å². The molecule has 2 N–H and O–H groups in total. The number of halogens is 2. The highest BCUT2D eigenvalue weighted by atomic mass is 35.5. The molecule has 1 amide bonds. The van der Waals surface area contributed by atoms with Gasteiger partial charge in [0.1, 0.15) is 0 Å². The summed E-state index contributed by atoms with van der Waals surface area (Å²) in [6.07, 6.45) is 0. The van der Waals surface area contributed by atoms with E-state index in [1.807, 2.05) is 31.2 Å². The molecule has 0 radical (unpaired) electrons. The van der Waals surface area contributed by atoms with Gasteiger partial charge in [0.2, 0.25) is 5.91 Å². The summed E-state index contributed by atoms with van der Waals surface area (Å²) in [6.45, 7) is 2.09. The van der Waals surface area contributed by atoms with Crippen LogP contribution in [0, 0.1) is 6.92 Å². The average Bonchev–Trinajstić information content (AvgIpc) is 2.40. The molecule has 2 rings (SSSR count). The summed E-state index contributed by atoms with van der Waals surface area (Å²) in [5, 5.41) is 7.01. The number of amides is 1. The quantitative estimate of drug-likeness (QED) is 0.881. The van der Waals surface area contributed by atoms with Gasteiger partial charge in [-0.15, -0.1) is 0 Å². The second-order valence-electron chi connectivity index (χ2n) is 4.34. The maximum absolute atomic E-state index is 11.9. The number of carbonyl (C=O) groups excluding carboxylic acids is 1. The van der Waals surface area contributed by atoms with Crippen LogP contribution in [0.15, 0.2) is 42.5 Å². The lowest BCUT2D eigenvalue weighted by Crippen LogP contribution is -2.22. The first-order chi connectivity index (χ1) is 9.56. The normalized spacial score (nSPS) is 10.2. The molecule has 104 valence electrons. The van der Waals surface area contributed by atoms with Crippen molar-refractivity contribution in [3.8, 4) is 0 Å². The standard InChI is InChI=1S/C15H14Cl2N2O/c1-10-8-11(16)6-7-13(10)18-9-15(20)19-14-5-3-2-4-12(14)17/h2-8,18H,9H2,1H3,(H,19,20). The van der Waals surface area contributed by atoms with Crippen LogP contribution in [0.2, 0.25) is 10.0 Å². The number of hydrogen-bond acceptors (Lipinski definition) is 2. The zero-order chi connectivity index (χ0) is 14.5. The van der Waals surface area contributed by atoms with Crippen molar-refractivity contribution in [3.63, 3.8) is 0 Å². The third-order valence-corrected chi connectivity index (χ3v) is 3.34. The highest BCUT2D eigenvalue weighted by Gasteiger charge is 2.06. The van der Waals surface area contributed by atoms with Crippen LogP contribution >= 0.6 is 23.2 Å². The molecule has 2 aromatic rings. The Bertz CT molecular complexity index is 629. The van der Waals surface area contributed by atoms with Crippen molar-refractivity contribution in [2.45, 2.75) is 6.92 Å². The van der Waals surface area contributed by atoms with Crippen molar-refractivity contribution in [2.75, 3.05) is 17.2 Å². The van der Waals surface area contributed by atoms with Gasteiger partial charge in [0.05, 0.1) is 17.3 Å². The predicted molar refractivity (Wildman–Crippen MR) is 84.8 cm³/mol. The summed E-state index contributed by atoms with van der Waals surface area (Å²) < 4.78 is 0. The van der Waals surface area contributed by atoms with Crippen LogP contribution in [0.1, 0.15) is 5.56 Å². The molecule has 20 heavy (non-hydrogen) atoms. The van der Waals surface area contributed by atoms with Crippen LogP contribution < -0.4 is 10.6 Å². The molecule has 0 aliphatic carbocycles. The molecular weight excluding hydrogens is 295 g/mol. The Kier molecular flexibility index (Phi) is 4.88. The monoisotopic (exact) mass is 308 g/mol. The minimum atomic E-state index is -0.160. The van der Waals surface area contributed by atoms with Crippen molar-refractivity contribution < 1.29 is 4.79 Å². The number of rotatable bonds is 4. The summed E-state index contributed by atoms with van der Waals surface area (Å²) in [5.74, 6) is -0.160. The third-order valence-electron chi connectivity index (χ3n) is 2.78. The third kappa shape index (κ3) is 3.89. The number of aryl methyl sites for hydroxylation is 1. The Morgan fingerprint density at radius 1 is 1.10 bits per heavy atom. The molecule has 0 bridgehead atoms. The van der Waals surface area contributed by atoms with E-state index in [1.54, 1.807) is 18.2 Å². The number of para-hydroxylation sites is 1. The Morgan fingerprint density at radius 3 is 2.55 bits per heavy atom. The van der Waals surface area contributed by atoms with E-state index in [2.05, 4.69) is 10.6 Å². The first kappa shape index (κ1) is 14.7. The highest BCUT2D eigenvalue weighted by Crippen LogP contribution is 2.21. The first-order valence-corrected chi connectivity index (χ1v) is 6.86. The largest absolute Gasteiger partial charge is 0.376 e. The van der Waals surface area contributed by atoms with E-state index >= 15 is 0 Å². The van der Waals surface area contributed by atoms with E-state index < -0.39 is 0 Å². The fourth-order valence-corrected chi connectivity index (χ4v) is 2.17. The summed E-state index contributed by atoms with van der Waals surface area (Å²) in [7, 11) is 0. The van der Waals surface area contributed by atoms with Crippen LogP contribution in [0.5, 0.6) is 0 Å². The van der Waals surface area contributed by atoms with Crippen LogP contribution in [0.25, 0.3) is 0 Å². The molecule has 0 aliphatic rings. The van der Waals surface area contributed by atoms with Gasteiger partial charge in [-0.2, -0.15) is 0 Å². The van der Waals surface area contributed by atoms with Crippen molar-refractivity contribution in [3.05, 3.63) is 58.1 Å². The molecule has 0 saturated carbocycles. The number of hydrogen-bond donors (Lipinski definition) is 2. The zero-order valence-corrected chi connectivity index (χ0v) is 12.4. The van der Waals surface area contributed by atoms with Gasteiger partial charge >= 0.3 is 0 Å². The minimum Gasteiger partial charge on any atom is -0.376 e. The molecule has 0 aromatic heterocycles. The Labute approximate surface area is 127 Å². The molecule has 2 aromatic carbocycles. The minimum absolute atomic E-state index is 0.160. The highest BCUT2D eigenvalue weighted by molar-refractivity contribution is 6.33. The molecule has 0 spiro atoms. The molecule has 0 aliphatic heterocycles. The van der Waals surface area contributed by atoms with Gasteiger partial charge in [0, 0.05) is 10.7 Å². The topological polar surface area (TPSA) is 41.1 Å². The van der Waals surface area contributed by atoms with Gasteiger partial charge in [-0.25, -0.2) is 0 Å². The lowest BCUT2D eigenvalue weighted by Gasteiger charge is -2.11. The molecule has 0 fully saturated rings. The Balaban J connectivity index is 1.94. The van der Waals surface area contributed by atoms with Crippen molar-refractivity contribution in [1.82, 2.24) is 0 Å². The first-order valence-electron chi connectivity index (χ1n) is 6.10. The van der Waals surface area contributed by atoms with Gasteiger partial charge in [-0.3, -0.25) is 4.79 Å². The lowest BCUT2D eigenvalue weighted by molar-refractivity contribution is -0.114. The van der Waals surface area contributed by atoms with Gasteiger partial charge < -0.3 is 10.6 Å². The average molecular weight is 309 g/mol. The van der Waals surface area contributed by atoms with Crippen molar-refractivity contribution >= 4 is 40.5 Å². The van der Waals surface area contributed by atoms with Gasteiger partial charge in [-0.1, -0.05) is 35.3 Å². The summed E-state index contributed by atoms with van der Waals surface area (Å²) >= 11 is 11.9. The molecule has 3 nitrogen and oxygen atoms in total. The van der Waals surface area contributed by atoms with Crippen LogP contribution in [0.3, 0.4) is 0 Å². The lowest BCUT2D eigenvalue weighted by atomic mass is 10.2. The second kappa shape index (κ2) is 6.64. The second-order valence-corrected chi connectivity index (χ2v) is 5.18. The van der Waals surface area contributed by atoms with Crippen molar-refractivity contribution in [1.29, 1.82) is 0 Å². The molecule has 0 heterocycles. The summed E-state index contributed by atoms with van der Waals surface area (Å²) in [5.41, 5.74) is 2.47. The maximum Gasteiger partial charge on any atom is 0.243 e. The van der Waals surface area contributed by atoms with Crippen molar-refractivity contribution in [2.24, 2.45) is 0 Å².